The molecule has 0 aliphatic heterocycles. The van der Waals surface area contributed by atoms with Gasteiger partial charge in [0.25, 0.3) is 5.24 Å². The number of benzene rings is 2. The highest BCUT2D eigenvalue weighted by molar-refractivity contribution is 6.67. The molecule has 0 heterocycles. The molecule has 4 heteroatoms. The van der Waals surface area contributed by atoms with Crippen molar-refractivity contribution >= 4 is 16.8 Å². The molecule has 98 valence electrons. The average molecular weight is 277 g/mol. The van der Waals surface area contributed by atoms with E-state index in [2.05, 4.69) is 0 Å². The van der Waals surface area contributed by atoms with Crippen molar-refractivity contribution in [2.24, 2.45) is 0 Å². The molecular weight excluding hydrogens is 264 g/mol. The summed E-state index contributed by atoms with van der Waals surface area (Å²) in [6.45, 7) is 0.400. The lowest BCUT2D eigenvalue weighted by atomic mass is 10.2. The van der Waals surface area contributed by atoms with Gasteiger partial charge in [0.1, 0.15) is 6.61 Å². The molecule has 0 spiro atoms. The van der Waals surface area contributed by atoms with Crippen LogP contribution in [0.2, 0.25) is 0 Å². The summed E-state index contributed by atoms with van der Waals surface area (Å²) < 4.78 is 10.9. The van der Waals surface area contributed by atoms with Gasteiger partial charge >= 0.3 is 0 Å². The summed E-state index contributed by atoms with van der Waals surface area (Å²) in [6.07, 6.45) is 0. The topological polar surface area (TPSA) is 35.5 Å². The smallest absolute Gasteiger partial charge is 0.252 e. The van der Waals surface area contributed by atoms with Crippen molar-refractivity contribution in [1.29, 1.82) is 0 Å². The Labute approximate surface area is 116 Å². The Balaban J connectivity index is 2.18. The van der Waals surface area contributed by atoms with Crippen LogP contribution in [0.4, 0.5) is 0 Å². The van der Waals surface area contributed by atoms with Crippen LogP contribution in [-0.2, 0) is 6.61 Å². The largest absolute Gasteiger partial charge is 0.493 e. The zero-order valence-electron chi connectivity index (χ0n) is 10.4. The van der Waals surface area contributed by atoms with Crippen molar-refractivity contribution < 1.29 is 14.3 Å². The molecule has 0 atom stereocenters. The zero-order chi connectivity index (χ0) is 13.7. The van der Waals surface area contributed by atoms with Crippen molar-refractivity contribution in [3.63, 3.8) is 0 Å². The van der Waals surface area contributed by atoms with E-state index >= 15 is 0 Å². The fourth-order valence-electron chi connectivity index (χ4n) is 1.65. The lowest BCUT2D eigenvalue weighted by Crippen LogP contribution is -1.99. The Bertz CT molecular complexity index is 567. The first-order chi connectivity index (χ1) is 9.20. The van der Waals surface area contributed by atoms with Crippen molar-refractivity contribution in [3.8, 4) is 11.5 Å². The van der Waals surface area contributed by atoms with E-state index in [9.17, 15) is 4.79 Å². The van der Waals surface area contributed by atoms with Gasteiger partial charge in [-0.25, -0.2) is 0 Å². The molecule has 0 saturated carbocycles. The summed E-state index contributed by atoms with van der Waals surface area (Å²) in [5.74, 6) is 1.07. The van der Waals surface area contributed by atoms with Gasteiger partial charge in [-0.3, -0.25) is 4.79 Å². The molecule has 0 N–H and O–H groups in total. The van der Waals surface area contributed by atoms with E-state index in [1.807, 2.05) is 30.3 Å². The van der Waals surface area contributed by atoms with Crippen LogP contribution in [0.15, 0.2) is 48.5 Å². The maximum atomic E-state index is 11.1. The second kappa shape index (κ2) is 6.25. The average Bonchev–Trinajstić information content (AvgIpc) is 2.45. The molecule has 0 bridgehead atoms. The Hall–Kier alpha value is -2.00. The van der Waals surface area contributed by atoms with Crippen LogP contribution in [0.5, 0.6) is 11.5 Å². The van der Waals surface area contributed by atoms with Crippen molar-refractivity contribution in [3.05, 3.63) is 59.7 Å². The van der Waals surface area contributed by atoms with E-state index < -0.39 is 5.24 Å². The highest BCUT2D eigenvalue weighted by Gasteiger charge is 2.09. The SMILES string of the molecule is COc1ccc(C(=O)Cl)cc1OCc1ccccc1. The molecule has 0 aliphatic carbocycles. The second-order valence-corrected chi connectivity index (χ2v) is 4.26. The first-order valence-electron chi connectivity index (χ1n) is 5.75. The third-order valence-electron chi connectivity index (χ3n) is 2.63. The second-order valence-electron chi connectivity index (χ2n) is 3.91. The van der Waals surface area contributed by atoms with Crippen LogP contribution in [0.25, 0.3) is 0 Å². The minimum atomic E-state index is -0.521. The third-order valence-corrected chi connectivity index (χ3v) is 2.85. The number of carbonyl (C=O) groups excluding carboxylic acids is 1. The molecular formula is C15H13ClO3. The standard InChI is InChI=1S/C15H13ClO3/c1-18-13-8-7-12(15(16)17)9-14(13)19-10-11-5-3-2-4-6-11/h2-9H,10H2,1H3. The molecule has 3 nitrogen and oxygen atoms in total. The van der Waals surface area contributed by atoms with E-state index in [1.54, 1.807) is 25.3 Å². The lowest BCUT2D eigenvalue weighted by molar-refractivity contribution is 0.108. The molecule has 2 rings (SSSR count). The molecule has 2 aromatic carbocycles. The van der Waals surface area contributed by atoms with Gasteiger partial charge in [0.05, 0.1) is 7.11 Å². The van der Waals surface area contributed by atoms with Gasteiger partial charge in [-0.1, -0.05) is 30.3 Å². The molecule has 0 unspecified atom stereocenters. The van der Waals surface area contributed by atoms with Crippen LogP contribution in [-0.4, -0.2) is 12.4 Å². The predicted molar refractivity (Wildman–Crippen MR) is 74.0 cm³/mol. The quantitative estimate of drug-likeness (QED) is 0.782. The van der Waals surface area contributed by atoms with Crippen LogP contribution in [0.3, 0.4) is 0 Å². The molecule has 0 aromatic heterocycles. The summed E-state index contributed by atoms with van der Waals surface area (Å²) in [7, 11) is 1.55. The van der Waals surface area contributed by atoms with Gasteiger partial charge < -0.3 is 9.47 Å². The highest BCUT2D eigenvalue weighted by Crippen LogP contribution is 2.29. The first kappa shape index (κ1) is 13.4. The van der Waals surface area contributed by atoms with Gasteiger partial charge in [0, 0.05) is 5.56 Å². The predicted octanol–water partition coefficient (Wildman–Crippen LogP) is 3.65. The van der Waals surface area contributed by atoms with Crippen LogP contribution < -0.4 is 9.47 Å². The fourth-order valence-corrected chi connectivity index (χ4v) is 1.76. The Morgan fingerprint density at radius 3 is 2.47 bits per heavy atom. The van der Waals surface area contributed by atoms with Gasteiger partial charge in [0.15, 0.2) is 11.5 Å². The molecule has 0 saturated heterocycles. The van der Waals surface area contributed by atoms with E-state index in [0.717, 1.165) is 5.56 Å². The molecule has 0 radical (unpaired) electrons. The van der Waals surface area contributed by atoms with E-state index in [1.165, 1.54) is 0 Å². The summed E-state index contributed by atoms with van der Waals surface area (Å²) in [5.41, 5.74) is 1.41. The van der Waals surface area contributed by atoms with E-state index in [-0.39, 0.29) is 0 Å². The van der Waals surface area contributed by atoms with Gasteiger partial charge in [0.2, 0.25) is 0 Å². The maximum absolute atomic E-state index is 11.1. The zero-order valence-corrected chi connectivity index (χ0v) is 11.2. The summed E-state index contributed by atoms with van der Waals surface area (Å²) in [5, 5.41) is -0.521. The van der Waals surface area contributed by atoms with Crippen molar-refractivity contribution in [1.82, 2.24) is 0 Å². The summed E-state index contributed by atoms with van der Waals surface area (Å²) in [4.78, 5) is 11.1. The number of hydrogen-bond acceptors (Lipinski definition) is 3. The number of hydrogen-bond donors (Lipinski definition) is 0. The van der Waals surface area contributed by atoms with Crippen LogP contribution >= 0.6 is 11.6 Å². The molecule has 19 heavy (non-hydrogen) atoms. The van der Waals surface area contributed by atoms with Gasteiger partial charge in [-0.15, -0.1) is 0 Å². The van der Waals surface area contributed by atoms with Gasteiger partial charge in [-0.05, 0) is 35.4 Å². The summed E-state index contributed by atoms with van der Waals surface area (Å²) >= 11 is 5.45. The molecule has 0 amide bonds. The number of ether oxygens (including phenoxy) is 2. The Morgan fingerprint density at radius 2 is 1.84 bits per heavy atom. The van der Waals surface area contributed by atoms with Crippen molar-refractivity contribution in [2.75, 3.05) is 7.11 Å². The summed E-state index contributed by atoms with van der Waals surface area (Å²) in [6, 6.07) is 14.6. The normalized spacial score (nSPS) is 10.0. The third kappa shape index (κ3) is 3.48. The monoisotopic (exact) mass is 276 g/mol. The minimum absolute atomic E-state index is 0.380. The van der Waals surface area contributed by atoms with Gasteiger partial charge in [-0.2, -0.15) is 0 Å². The van der Waals surface area contributed by atoms with E-state index in [4.69, 9.17) is 21.1 Å². The molecule has 0 fully saturated rings. The minimum Gasteiger partial charge on any atom is -0.493 e. The highest BCUT2D eigenvalue weighted by atomic mass is 35.5. The Morgan fingerprint density at radius 1 is 1.11 bits per heavy atom. The number of rotatable bonds is 5. The molecule has 0 aliphatic rings. The van der Waals surface area contributed by atoms with E-state index in [0.29, 0.717) is 23.7 Å². The molecule has 2 aromatic rings. The van der Waals surface area contributed by atoms with Crippen LogP contribution in [0.1, 0.15) is 15.9 Å². The lowest BCUT2D eigenvalue weighted by Gasteiger charge is -2.11. The number of carbonyl (C=O) groups is 1. The maximum Gasteiger partial charge on any atom is 0.252 e. The first-order valence-corrected chi connectivity index (χ1v) is 6.13. The fraction of sp³-hybridized carbons (Fsp3) is 0.133. The van der Waals surface area contributed by atoms with Crippen molar-refractivity contribution in [2.45, 2.75) is 6.61 Å². The number of halogens is 1. The Kier molecular flexibility index (Phi) is 4.42. The van der Waals surface area contributed by atoms with Crippen LogP contribution in [0, 0.1) is 0 Å². The number of methoxy groups -OCH3 is 1.